The number of carbonyl (C=O) groups is 2. The first-order chi connectivity index (χ1) is 15.1. The lowest BCUT2D eigenvalue weighted by molar-refractivity contribution is -0.134. The van der Waals surface area contributed by atoms with Gasteiger partial charge in [-0.1, -0.05) is 24.3 Å². The maximum atomic E-state index is 12.9. The van der Waals surface area contributed by atoms with E-state index in [2.05, 4.69) is 10.7 Å². The molecule has 0 aliphatic rings. The molecule has 0 amide bonds. The van der Waals surface area contributed by atoms with Crippen LogP contribution in [0.3, 0.4) is 0 Å². The molecule has 2 aromatic heterocycles. The Morgan fingerprint density at radius 3 is 2.09 bits per heavy atom. The Kier molecular flexibility index (Phi) is 10.0. The Balaban J connectivity index is 0.000000436. The molecule has 170 valence electrons. The van der Waals surface area contributed by atoms with Crippen LogP contribution in [0.4, 0.5) is 0 Å². The molecule has 3 rings (SSSR count). The molecule has 0 atom stereocenters. The average Bonchev–Trinajstić information content (AvgIpc) is 3.17. The van der Waals surface area contributed by atoms with Gasteiger partial charge in [-0.3, -0.25) is 4.98 Å². The molecular weight excluding hydrogens is 434 g/mol. The standard InChI is InChI=1S/C17H16N2O2S.C4H4O4.CH5N/c1-13-10-17(16-8-4-3-6-14(16)2)19(12-13)22(20,21)15-7-5-9-18-11-15;5-3(6)1-2-4(7)8;1-2/h3-12H,1-2H3;1-2H,(H,5,6)(H,7,8);2H2,1H3/b;2-1+;. The van der Waals surface area contributed by atoms with Gasteiger partial charge in [-0.05, 0) is 50.2 Å². The second kappa shape index (κ2) is 12.2. The number of nitrogens with two attached hydrogens (primary N) is 1. The van der Waals surface area contributed by atoms with Crippen molar-refractivity contribution in [3.8, 4) is 11.3 Å². The number of pyridine rings is 1. The Hall–Kier alpha value is -3.76. The van der Waals surface area contributed by atoms with Gasteiger partial charge in [0.1, 0.15) is 4.90 Å². The molecule has 4 N–H and O–H groups in total. The topological polar surface area (TPSA) is 153 Å². The summed E-state index contributed by atoms with van der Waals surface area (Å²) in [5.74, 6) is -2.51. The Bertz CT molecular complexity index is 1170. The number of carboxylic acids is 2. The summed E-state index contributed by atoms with van der Waals surface area (Å²) in [6.07, 6.45) is 5.68. The molecule has 2 heterocycles. The molecule has 0 bridgehead atoms. The monoisotopic (exact) mass is 459 g/mol. The van der Waals surface area contributed by atoms with E-state index in [9.17, 15) is 18.0 Å². The maximum absolute atomic E-state index is 12.9. The molecular formula is C22H25N3O6S. The third kappa shape index (κ3) is 7.18. The van der Waals surface area contributed by atoms with Crippen LogP contribution in [0.1, 0.15) is 11.1 Å². The molecule has 1 aromatic carbocycles. The van der Waals surface area contributed by atoms with E-state index in [0.717, 1.165) is 16.7 Å². The fraction of sp³-hybridized carbons (Fsp3) is 0.136. The molecule has 0 spiro atoms. The molecule has 3 aromatic rings. The van der Waals surface area contributed by atoms with E-state index in [4.69, 9.17) is 10.2 Å². The summed E-state index contributed by atoms with van der Waals surface area (Å²) in [6.45, 7) is 3.86. The smallest absolute Gasteiger partial charge is 0.328 e. The first kappa shape index (κ1) is 26.3. The van der Waals surface area contributed by atoms with Gasteiger partial charge in [0.15, 0.2) is 0 Å². The number of carboxylic acid groups (broad SMARTS) is 2. The molecule has 0 aliphatic heterocycles. The van der Waals surface area contributed by atoms with Crippen molar-refractivity contribution in [2.75, 3.05) is 7.05 Å². The van der Waals surface area contributed by atoms with E-state index < -0.39 is 22.0 Å². The summed E-state index contributed by atoms with van der Waals surface area (Å²) >= 11 is 0. The van der Waals surface area contributed by atoms with Gasteiger partial charge in [-0.25, -0.2) is 22.0 Å². The third-order valence-electron chi connectivity index (χ3n) is 3.90. The summed E-state index contributed by atoms with van der Waals surface area (Å²) in [4.78, 5) is 23.2. The largest absolute Gasteiger partial charge is 0.478 e. The van der Waals surface area contributed by atoms with Crippen LogP contribution >= 0.6 is 0 Å². The van der Waals surface area contributed by atoms with E-state index in [-0.39, 0.29) is 4.90 Å². The predicted molar refractivity (Wildman–Crippen MR) is 121 cm³/mol. The zero-order valence-corrected chi connectivity index (χ0v) is 18.7. The summed E-state index contributed by atoms with van der Waals surface area (Å²) in [7, 11) is -2.16. The van der Waals surface area contributed by atoms with Crippen molar-refractivity contribution in [3.63, 3.8) is 0 Å². The van der Waals surface area contributed by atoms with Gasteiger partial charge in [0.25, 0.3) is 10.0 Å². The van der Waals surface area contributed by atoms with Crippen molar-refractivity contribution in [1.82, 2.24) is 8.96 Å². The van der Waals surface area contributed by atoms with E-state index in [1.807, 2.05) is 44.2 Å². The molecule has 0 fully saturated rings. The molecule has 0 saturated heterocycles. The number of nitrogens with zero attached hydrogens (tertiary/aromatic N) is 2. The fourth-order valence-electron chi connectivity index (χ4n) is 2.58. The zero-order valence-electron chi connectivity index (χ0n) is 17.8. The van der Waals surface area contributed by atoms with Crippen LogP contribution in [-0.4, -0.2) is 46.6 Å². The number of benzene rings is 1. The molecule has 9 nitrogen and oxygen atoms in total. The number of aliphatic carboxylic acids is 2. The third-order valence-corrected chi connectivity index (χ3v) is 5.56. The van der Waals surface area contributed by atoms with Crippen LogP contribution in [0.5, 0.6) is 0 Å². The van der Waals surface area contributed by atoms with Gasteiger partial charge in [0.2, 0.25) is 0 Å². The normalized spacial score (nSPS) is 10.5. The number of aromatic nitrogens is 2. The van der Waals surface area contributed by atoms with E-state index in [1.165, 1.54) is 17.2 Å². The summed E-state index contributed by atoms with van der Waals surface area (Å²) in [5.41, 5.74) is 8.00. The van der Waals surface area contributed by atoms with Crippen LogP contribution in [0.15, 0.2) is 78.1 Å². The number of aryl methyl sites for hydroxylation is 2. The Morgan fingerprint density at radius 1 is 1.00 bits per heavy atom. The minimum Gasteiger partial charge on any atom is -0.478 e. The molecule has 0 aliphatic carbocycles. The first-order valence-corrected chi connectivity index (χ1v) is 10.7. The quantitative estimate of drug-likeness (QED) is 0.492. The van der Waals surface area contributed by atoms with Crippen molar-refractivity contribution in [3.05, 3.63) is 84.3 Å². The average molecular weight is 460 g/mol. The van der Waals surface area contributed by atoms with E-state index in [0.29, 0.717) is 17.8 Å². The highest BCUT2D eigenvalue weighted by Gasteiger charge is 2.21. The van der Waals surface area contributed by atoms with Crippen molar-refractivity contribution in [2.24, 2.45) is 5.73 Å². The van der Waals surface area contributed by atoms with Gasteiger partial charge in [-0.2, -0.15) is 0 Å². The highest BCUT2D eigenvalue weighted by molar-refractivity contribution is 7.90. The van der Waals surface area contributed by atoms with Crippen molar-refractivity contribution >= 4 is 22.0 Å². The summed E-state index contributed by atoms with van der Waals surface area (Å²) in [5, 5.41) is 15.6. The minimum absolute atomic E-state index is 0.181. The van der Waals surface area contributed by atoms with Gasteiger partial charge in [-0.15, -0.1) is 0 Å². The van der Waals surface area contributed by atoms with Crippen molar-refractivity contribution in [1.29, 1.82) is 0 Å². The highest BCUT2D eigenvalue weighted by Crippen LogP contribution is 2.28. The molecule has 32 heavy (non-hydrogen) atoms. The zero-order chi connectivity index (χ0) is 24.3. The fourth-order valence-corrected chi connectivity index (χ4v) is 3.97. The van der Waals surface area contributed by atoms with Crippen LogP contribution in [0, 0.1) is 13.8 Å². The number of hydrogen-bond acceptors (Lipinski definition) is 6. The summed E-state index contributed by atoms with van der Waals surface area (Å²) < 4.78 is 27.1. The second-order valence-corrected chi connectivity index (χ2v) is 8.03. The number of rotatable bonds is 5. The number of hydrogen-bond donors (Lipinski definition) is 3. The van der Waals surface area contributed by atoms with Crippen LogP contribution in [0.25, 0.3) is 11.3 Å². The maximum Gasteiger partial charge on any atom is 0.328 e. The van der Waals surface area contributed by atoms with Gasteiger partial charge in [0.05, 0.1) is 5.69 Å². The minimum atomic E-state index is -3.66. The second-order valence-electron chi connectivity index (χ2n) is 6.22. The van der Waals surface area contributed by atoms with Gasteiger partial charge in [0, 0.05) is 36.3 Å². The van der Waals surface area contributed by atoms with E-state index >= 15 is 0 Å². The molecule has 10 heteroatoms. The van der Waals surface area contributed by atoms with Gasteiger partial charge < -0.3 is 15.9 Å². The van der Waals surface area contributed by atoms with Crippen molar-refractivity contribution < 1.29 is 28.2 Å². The lowest BCUT2D eigenvalue weighted by atomic mass is 10.1. The Labute approximate surface area is 186 Å². The van der Waals surface area contributed by atoms with Gasteiger partial charge >= 0.3 is 11.9 Å². The first-order valence-electron chi connectivity index (χ1n) is 9.25. The molecule has 0 unspecified atom stereocenters. The highest BCUT2D eigenvalue weighted by atomic mass is 32.2. The van der Waals surface area contributed by atoms with E-state index in [1.54, 1.807) is 24.5 Å². The lowest BCUT2D eigenvalue weighted by Gasteiger charge is -2.12. The Morgan fingerprint density at radius 2 is 1.59 bits per heavy atom. The summed E-state index contributed by atoms with van der Waals surface area (Å²) in [6, 6.07) is 12.8. The predicted octanol–water partition coefficient (Wildman–Crippen LogP) is 2.69. The molecule has 0 radical (unpaired) electrons. The van der Waals surface area contributed by atoms with Crippen LogP contribution < -0.4 is 5.73 Å². The van der Waals surface area contributed by atoms with Crippen LogP contribution in [-0.2, 0) is 19.6 Å². The lowest BCUT2D eigenvalue weighted by Crippen LogP contribution is -2.13. The van der Waals surface area contributed by atoms with Crippen molar-refractivity contribution in [2.45, 2.75) is 18.7 Å². The SMILES string of the molecule is CN.Cc1cc(-c2ccccc2C)n(S(=O)(=O)c2cccnc2)c1.O=C(O)/C=C/C(=O)O. The molecule has 0 saturated carbocycles. The van der Waals surface area contributed by atoms with Crippen LogP contribution in [0.2, 0.25) is 0 Å².